The second-order valence-electron chi connectivity index (χ2n) is 8.40. The van der Waals surface area contributed by atoms with Crippen molar-refractivity contribution in [2.24, 2.45) is 0 Å². The molecule has 3 aromatic rings. The molecule has 34 heavy (non-hydrogen) atoms. The van der Waals surface area contributed by atoms with Gasteiger partial charge in [-0.2, -0.15) is 0 Å². The third-order valence-corrected chi connectivity index (χ3v) is 7.24. The SMILES string of the molecule is Cc1c(C(=O)NCCCN2CCOCC2)sc2ncnc(NC[C@@H]3COc4ccccc4O3)c12. The van der Waals surface area contributed by atoms with E-state index >= 15 is 0 Å². The average molecular weight is 484 g/mol. The molecule has 0 saturated carbocycles. The van der Waals surface area contributed by atoms with Gasteiger partial charge in [0.1, 0.15) is 29.7 Å². The van der Waals surface area contributed by atoms with E-state index in [4.69, 9.17) is 14.2 Å². The van der Waals surface area contributed by atoms with Gasteiger partial charge in [-0.25, -0.2) is 9.97 Å². The van der Waals surface area contributed by atoms with E-state index in [0.29, 0.717) is 30.4 Å². The number of thiophene rings is 1. The van der Waals surface area contributed by atoms with Crippen molar-refractivity contribution >= 4 is 33.3 Å². The van der Waals surface area contributed by atoms with E-state index < -0.39 is 0 Å². The molecular formula is C24H29N5O4S. The van der Waals surface area contributed by atoms with Crippen molar-refractivity contribution in [2.45, 2.75) is 19.4 Å². The first kappa shape index (κ1) is 22.8. The number of fused-ring (bicyclic) bond motifs is 2. The lowest BCUT2D eigenvalue weighted by Crippen LogP contribution is -2.38. The normalized spacial score (nSPS) is 18.1. The Labute approximate surface area is 202 Å². The summed E-state index contributed by atoms with van der Waals surface area (Å²) in [5, 5.41) is 7.31. The molecule has 0 spiro atoms. The van der Waals surface area contributed by atoms with Crippen molar-refractivity contribution in [2.75, 3.05) is 57.9 Å². The van der Waals surface area contributed by atoms with Crippen LogP contribution in [0, 0.1) is 6.92 Å². The van der Waals surface area contributed by atoms with Gasteiger partial charge < -0.3 is 24.8 Å². The molecule has 180 valence electrons. The third-order valence-electron chi connectivity index (χ3n) is 6.04. The maximum Gasteiger partial charge on any atom is 0.261 e. The Hall–Kier alpha value is -2.95. The fraction of sp³-hybridized carbons (Fsp3) is 0.458. The Morgan fingerprint density at radius 2 is 2.03 bits per heavy atom. The van der Waals surface area contributed by atoms with Crippen molar-refractivity contribution in [3.8, 4) is 11.5 Å². The van der Waals surface area contributed by atoms with Crippen LogP contribution in [0.1, 0.15) is 21.7 Å². The Morgan fingerprint density at radius 3 is 2.88 bits per heavy atom. The number of nitrogens with zero attached hydrogens (tertiary/aromatic N) is 3. The van der Waals surface area contributed by atoms with Crippen molar-refractivity contribution in [3.63, 3.8) is 0 Å². The monoisotopic (exact) mass is 483 g/mol. The van der Waals surface area contributed by atoms with E-state index in [1.165, 1.54) is 17.7 Å². The molecule has 2 aromatic heterocycles. The fourth-order valence-electron chi connectivity index (χ4n) is 4.21. The molecule has 1 fully saturated rings. The number of nitrogens with one attached hydrogen (secondary N) is 2. The molecule has 0 unspecified atom stereocenters. The zero-order chi connectivity index (χ0) is 23.3. The summed E-state index contributed by atoms with van der Waals surface area (Å²) in [4.78, 5) is 25.6. The molecule has 2 aliphatic rings. The quantitative estimate of drug-likeness (QED) is 0.472. The van der Waals surface area contributed by atoms with E-state index in [1.807, 2.05) is 31.2 Å². The molecule has 1 amide bonds. The van der Waals surface area contributed by atoms with Gasteiger partial charge in [0.2, 0.25) is 0 Å². The largest absolute Gasteiger partial charge is 0.486 e. The zero-order valence-electron chi connectivity index (χ0n) is 19.2. The van der Waals surface area contributed by atoms with E-state index in [2.05, 4.69) is 25.5 Å². The number of hydrogen-bond donors (Lipinski definition) is 2. The highest BCUT2D eigenvalue weighted by Gasteiger charge is 2.23. The number of para-hydroxylation sites is 2. The number of anilines is 1. The number of amides is 1. The molecule has 4 heterocycles. The van der Waals surface area contributed by atoms with Crippen LogP contribution in [0.3, 0.4) is 0 Å². The molecule has 1 saturated heterocycles. The molecular weight excluding hydrogens is 454 g/mol. The number of hydrogen-bond acceptors (Lipinski definition) is 9. The minimum absolute atomic E-state index is 0.0611. The minimum atomic E-state index is -0.145. The Morgan fingerprint density at radius 1 is 1.21 bits per heavy atom. The van der Waals surface area contributed by atoms with Crippen LogP contribution in [0.5, 0.6) is 11.5 Å². The summed E-state index contributed by atoms with van der Waals surface area (Å²) in [6, 6.07) is 7.65. The predicted octanol–water partition coefficient (Wildman–Crippen LogP) is 2.70. The number of ether oxygens (including phenoxy) is 3. The number of aryl methyl sites for hydroxylation is 1. The number of aromatic nitrogens is 2. The summed E-state index contributed by atoms with van der Waals surface area (Å²) < 4.78 is 17.2. The third kappa shape index (κ3) is 5.08. The van der Waals surface area contributed by atoms with Crippen LogP contribution in [-0.4, -0.2) is 79.4 Å². The van der Waals surface area contributed by atoms with E-state index in [9.17, 15) is 4.79 Å². The van der Waals surface area contributed by atoms with Crippen molar-refractivity contribution in [3.05, 3.63) is 41.0 Å². The zero-order valence-corrected chi connectivity index (χ0v) is 20.0. The summed E-state index contributed by atoms with van der Waals surface area (Å²) in [6.07, 6.45) is 2.29. The topological polar surface area (TPSA) is 97.8 Å². The number of carbonyl (C=O) groups is 1. The number of benzene rings is 1. The highest BCUT2D eigenvalue weighted by Crippen LogP contribution is 2.34. The van der Waals surface area contributed by atoms with E-state index in [-0.39, 0.29) is 12.0 Å². The molecule has 1 aromatic carbocycles. The summed E-state index contributed by atoms with van der Waals surface area (Å²) in [6.45, 7) is 8.04. The van der Waals surface area contributed by atoms with Gasteiger partial charge in [0.25, 0.3) is 5.91 Å². The smallest absolute Gasteiger partial charge is 0.261 e. The second-order valence-corrected chi connectivity index (χ2v) is 9.40. The van der Waals surface area contributed by atoms with Gasteiger partial charge in [0, 0.05) is 19.6 Å². The maximum atomic E-state index is 12.9. The molecule has 1 atom stereocenters. The van der Waals surface area contributed by atoms with Gasteiger partial charge >= 0.3 is 0 Å². The fourth-order valence-corrected chi connectivity index (χ4v) is 5.27. The van der Waals surface area contributed by atoms with Gasteiger partial charge in [-0.3, -0.25) is 9.69 Å². The Bertz CT molecular complexity index is 1150. The first-order valence-corrected chi connectivity index (χ1v) is 12.5. The van der Waals surface area contributed by atoms with Crippen LogP contribution in [0.25, 0.3) is 10.2 Å². The van der Waals surface area contributed by atoms with E-state index in [0.717, 1.165) is 66.5 Å². The lowest BCUT2D eigenvalue weighted by atomic mass is 10.2. The molecule has 5 rings (SSSR count). The van der Waals surface area contributed by atoms with Crippen molar-refractivity contribution < 1.29 is 19.0 Å². The minimum Gasteiger partial charge on any atom is -0.486 e. The molecule has 2 N–H and O–H groups in total. The number of rotatable bonds is 8. The molecule has 0 aliphatic carbocycles. The molecule has 0 bridgehead atoms. The maximum absolute atomic E-state index is 12.9. The highest BCUT2D eigenvalue weighted by atomic mass is 32.1. The van der Waals surface area contributed by atoms with Gasteiger partial charge in [0.05, 0.1) is 30.0 Å². The number of morpholine rings is 1. The van der Waals surface area contributed by atoms with Crippen LogP contribution in [0.15, 0.2) is 30.6 Å². The Kier molecular flexibility index (Phi) is 7.08. The van der Waals surface area contributed by atoms with Gasteiger partial charge in [-0.05, 0) is 37.6 Å². The molecule has 0 radical (unpaired) electrons. The second kappa shape index (κ2) is 10.5. The average Bonchev–Trinajstić information content (AvgIpc) is 3.23. The first-order valence-electron chi connectivity index (χ1n) is 11.6. The Balaban J connectivity index is 1.20. The molecule has 2 aliphatic heterocycles. The summed E-state index contributed by atoms with van der Waals surface area (Å²) in [5.74, 6) is 2.15. The van der Waals surface area contributed by atoms with Crippen LogP contribution in [-0.2, 0) is 4.74 Å². The van der Waals surface area contributed by atoms with Gasteiger partial charge in [-0.1, -0.05) is 12.1 Å². The van der Waals surface area contributed by atoms with Gasteiger partial charge in [-0.15, -0.1) is 11.3 Å². The summed E-state index contributed by atoms with van der Waals surface area (Å²) in [5.41, 5.74) is 0.889. The van der Waals surface area contributed by atoms with Crippen molar-refractivity contribution in [1.29, 1.82) is 0 Å². The highest BCUT2D eigenvalue weighted by molar-refractivity contribution is 7.20. The lowest BCUT2D eigenvalue weighted by Gasteiger charge is -2.26. The van der Waals surface area contributed by atoms with Crippen LogP contribution >= 0.6 is 11.3 Å². The van der Waals surface area contributed by atoms with Crippen LogP contribution in [0.4, 0.5) is 5.82 Å². The van der Waals surface area contributed by atoms with Crippen LogP contribution < -0.4 is 20.1 Å². The summed E-state index contributed by atoms with van der Waals surface area (Å²) >= 11 is 1.40. The molecule has 9 nitrogen and oxygen atoms in total. The van der Waals surface area contributed by atoms with Gasteiger partial charge in [0.15, 0.2) is 11.5 Å². The molecule has 10 heteroatoms. The first-order chi connectivity index (χ1) is 16.7. The standard InChI is InChI=1S/C24H29N5O4S/c1-16-20-22(26-13-17-14-32-18-5-2-3-6-19(18)33-17)27-15-28-24(20)34-21(16)23(30)25-7-4-8-29-9-11-31-12-10-29/h2-3,5-6,15,17H,4,7-14H2,1H3,(H,25,30)(H,26,27,28)/t17-/m1/s1. The van der Waals surface area contributed by atoms with Crippen molar-refractivity contribution in [1.82, 2.24) is 20.2 Å². The van der Waals surface area contributed by atoms with Crippen LogP contribution in [0.2, 0.25) is 0 Å². The lowest BCUT2D eigenvalue weighted by molar-refractivity contribution is 0.0374. The van der Waals surface area contributed by atoms with E-state index in [1.54, 1.807) is 0 Å². The number of carbonyl (C=O) groups excluding carboxylic acids is 1. The summed E-state index contributed by atoms with van der Waals surface area (Å²) in [7, 11) is 0. The predicted molar refractivity (Wildman–Crippen MR) is 131 cm³/mol.